The monoisotopic (exact) mass is 308 g/mol. The van der Waals surface area contributed by atoms with Gasteiger partial charge in [0.15, 0.2) is 0 Å². The molecule has 1 amide bonds. The normalized spacial score (nSPS) is 24.7. The molecule has 0 saturated carbocycles. The molecule has 0 aliphatic carbocycles. The van der Waals surface area contributed by atoms with Crippen LogP contribution in [0.5, 0.6) is 0 Å². The fourth-order valence-corrected chi connectivity index (χ4v) is 3.80. The van der Waals surface area contributed by atoms with Crippen LogP contribution >= 0.6 is 0 Å². The summed E-state index contributed by atoms with van der Waals surface area (Å²) >= 11 is 0. The molecule has 1 spiro atoms. The molecule has 0 radical (unpaired) electrons. The van der Waals surface area contributed by atoms with Crippen molar-refractivity contribution in [2.45, 2.75) is 19.4 Å². The summed E-state index contributed by atoms with van der Waals surface area (Å²) in [4.78, 5) is 25.3. The predicted molar refractivity (Wildman–Crippen MR) is 87.8 cm³/mol. The van der Waals surface area contributed by atoms with Gasteiger partial charge in [-0.15, -0.1) is 0 Å². The summed E-state index contributed by atoms with van der Waals surface area (Å²) < 4.78 is 0. The van der Waals surface area contributed by atoms with Crippen molar-refractivity contribution in [3.63, 3.8) is 0 Å². The van der Waals surface area contributed by atoms with Gasteiger partial charge in [0.1, 0.15) is 0 Å². The Hall–Kier alpha value is -2.27. The zero-order valence-corrected chi connectivity index (χ0v) is 13.1. The molecule has 2 saturated heterocycles. The van der Waals surface area contributed by atoms with Crippen LogP contribution in [-0.4, -0.2) is 40.4 Å². The first-order chi connectivity index (χ1) is 11.2. The van der Waals surface area contributed by atoms with Crippen LogP contribution in [0, 0.1) is 5.41 Å². The lowest BCUT2D eigenvalue weighted by Crippen LogP contribution is -2.31. The summed E-state index contributed by atoms with van der Waals surface area (Å²) in [6.07, 6.45) is 7.06. The molecule has 4 rings (SSSR count). The Morgan fingerprint density at radius 1 is 1.13 bits per heavy atom. The molecular formula is C18H20N4O. The number of aromatic nitrogens is 2. The fraction of sp³-hybridized carbons (Fsp3) is 0.389. The number of amides is 1. The van der Waals surface area contributed by atoms with Crippen LogP contribution in [0.3, 0.4) is 0 Å². The summed E-state index contributed by atoms with van der Waals surface area (Å²) in [5.74, 6) is 0.220. The van der Waals surface area contributed by atoms with Gasteiger partial charge in [-0.1, -0.05) is 6.07 Å². The first-order valence-electron chi connectivity index (χ1n) is 8.07. The summed E-state index contributed by atoms with van der Waals surface area (Å²) in [5, 5.41) is 0. The number of hydrogen-bond acceptors (Lipinski definition) is 4. The number of carbonyl (C=O) groups is 1. The molecule has 2 aromatic heterocycles. The number of nitrogens with zero attached hydrogens (tertiary/aromatic N) is 4. The highest BCUT2D eigenvalue weighted by molar-refractivity contribution is 5.96. The molecule has 2 aliphatic rings. The van der Waals surface area contributed by atoms with E-state index in [9.17, 15) is 4.79 Å². The van der Waals surface area contributed by atoms with Gasteiger partial charge in [-0.25, -0.2) is 0 Å². The van der Waals surface area contributed by atoms with Gasteiger partial charge in [-0.2, -0.15) is 0 Å². The molecule has 0 bridgehead atoms. The summed E-state index contributed by atoms with van der Waals surface area (Å²) in [7, 11) is 0. The van der Waals surface area contributed by atoms with E-state index < -0.39 is 0 Å². The smallest absolute Gasteiger partial charge is 0.227 e. The van der Waals surface area contributed by atoms with Gasteiger partial charge in [-0.05, 0) is 37.2 Å². The van der Waals surface area contributed by atoms with E-state index in [0.717, 1.165) is 44.0 Å². The third-order valence-corrected chi connectivity index (χ3v) is 4.91. The molecule has 2 aromatic rings. The standard InChI is InChI=1S/C18H20N4O/c23-17-10-18(14-22(17)16-5-3-7-19-11-16)6-9-21(13-18)12-15-4-1-2-8-20-15/h1-5,7-8,11H,6,9-10,12-14H2/t18-/m1/s1. The maximum atomic E-state index is 12.5. The summed E-state index contributed by atoms with van der Waals surface area (Å²) in [6.45, 7) is 3.66. The minimum absolute atomic E-state index is 0.0850. The molecule has 4 heterocycles. The molecular weight excluding hydrogens is 288 g/mol. The molecule has 0 N–H and O–H groups in total. The van der Waals surface area contributed by atoms with Crippen molar-refractivity contribution in [1.29, 1.82) is 0 Å². The SMILES string of the molecule is O=C1C[C@@]2(CCN(Cc3ccccn3)C2)CN1c1cccnc1. The third-order valence-electron chi connectivity index (χ3n) is 4.91. The Bertz CT molecular complexity index is 691. The zero-order chi connectivity index (χ0) is 15.7. The second-order valence-corrected chi connectivity index (χ2v) is 6.65. The van der Waals surface area contributed by atoms with Crippen molar-refractivity contribution in [2.75, 3.05) is 24.5 Å². The first-order valence-corrected chi connectivity index (χ1v) is 8.07. The van der Waals surface area contributed by atoms with Crippen molar-refractivity contribution in [1.82, 2.24) is 14.9 Å². The van der Waals surface area contributed by atoms with Crippen molar-refractivity contribution in [3.05, 3.63) is 54.6 Å². The van der Waals surface area contributed by atoms with Crippen LogP contribution in [0.25, 0.3) is 0 Å². The highest BCUT2D eigenvalue weighted by atomic mass is 16.2. The highest BCUT2D eigenvalue weighted by Gasteiger charge is 2.47. The van der Waals surface area contributed by atoms with Gasteiger partial charge in [0, 0.05) is 43.9 Å². The van der Waals surface area contributed by atoms with E-state index in [1.165, 1.54) is 0 Å². The van der Waals surface area contributed by atoms with E-state index in [2.05, 4.69) is 20.9 Å². The van der Waals surface area contributed by atoms with Gasteiger partial charge in [0.05, 0.1) is 17.6 Å². The van der Waals surface area contributed by atoms with Crippen LogP contribution in [0.1, 0.15) is 18.5 Å². The van der Waals surface area contributed by atoms with Crippen molar-refractivity contribution in [2.24, 2.45) is 5.41 Å². The van der Waals surface area contributed by atoms with E-state index in [4.69, 9.17) is 0 Å². The quantitative estimate of drug-likeness (QED) is 0.871. The zero-order valence-electron chi connectivity index (χ0n) is 13.1. The maximum absolute atomic E-state index is 12.5. The lowest BCUT2D eigenvalue weighted by Gasteiger charge is -2.24. The average molecular weight is 308 g/mol. The lowest BCUT2D eigenvalue weighted by molar-refractivity contribution is -0.117. The van der Waals surface area contributed by atoms with Gasteiger partial charge in [0.25, 0.3) is 0 Å². The van der Waals surface area contributed by atoms with Crippen molar-refractivity contribution >= 4 is 11.6 Å². The molecule has 1 atom stereocenters. The number of rotatable bonds is 3. The third kappa shape index (κ3) is 2.84. The second kappa shape index (κ2) is 5.74. The van der Waals surface area contributed by atoms with Crippen LogP contribution in [0.4, 0.5) is 5.69 Å². The van der Waals surface area contributed by atoms with Gasteiger partial charge in [-0.3, -0.25) is 19.7 Å². The largest absolute Gasteiger partial charge is 0.310 e. The first kappa shape index (κ1) is 14.3. The lowest BCUT2D eigenvalue weighted by atomic mass is 9.86. The van der Waals surface area contributed by atoms with Crippen LogP contribution in [0.2, 0.25) is 0 Å². The number of hydrogen-bond donors (Lipinski definition) is 0. The van der Waals surface area contributed by atoms with E-state index in [1.54, 1.807) is 12.4 Å². The Morgan fingerprint density at radius 2 is 2.09 bits per heavy atom. The molecule has 0 aromatic carbocycles. The Morgan fingerprint density at radius 3 is 2.87 bits per heavy atom. The number of pyridine rings is 2. The summed E-state index contributed by atoms with van der Waals surface area (Å²) in [6, 6.07) is 9.88. The summed E-state index contributed by atoms with van der Waals surface area (Å²) in [5.41, 5.74) is 2.09. The molecule has 5 nitrogen and oxygen atoms in total. The number of carbonyl (C=O) groups excluding carboxylic acids is 1. The van der Waals surface area contributed by atoms with Gasteiger partial charge >= 0.3 is 0 Å². The minimum atomic E-state index is 0.0850. The van der Waals surface area contributed by atoms with E-state index in [-0.39, 0.29) is 11.3 Å². The second-order valence-electron chi connectivity index (χ2n) is 6.65. The van der Waals surface area contributed by atoms with Crippen molar-refractivity contribution in [3.8, 4) is 0 Å². The average Bonchev–Trinajstić information content (AvgIpc) is 3.12. The van der Waals surface area contributed by atoms with Crippen LogP contribution in [0.15, 0.2) is 48.9 Å². The van der Waals surface area contributed by atoms with Crippen LogP contribution in [-0.2, 0) is 11.3 Å². The number of anilines is 1. The molecule has 118 valence electrons. The highest BCUT2D eigenvalue weighted by Crippen LogP contribution is 2.41. The maximum Gasteiger partial charge on any atom is 0.227 e. The molecule has 0 unspecified atom stereocenters. The van der Waals surface area contributed by atoms with Crippen LogP contribution < -0.4 is 4.90 Å². The molecule has 23 heavy (non-hydrogen) atoms. The van der Waals surface area contributed by atoms with E-state index >= 15 is 0 Å². The molecule has 5 heteroatoms. The minimum Gasteiger partial charge on any atom is -0.310 e. The predicted octanol–water partition coefficient (Wildman–Crippen LogP) is 2.11. The number of likely N-dealkylation sites (tertiary alicyclic amines) is 1. The topological polar surface area (TPSA) is 49.3 Å². The van der Waals surface area contributed by atoms with Gasteiger partial charge in [0.2, 0.25) is 5.91 Å². The Labute approximate surface area is 136 Å². The van der Waals surface area contributed by atoms with Gasteiger partial charge < -0.3 is 4.90 Å². The Balaban J connectivity index is 1.45. The van der Waals surface area contributed by atoms with Crippen molar-refractivity contribution < 1.29 is 4.79 Å². The fourth-order valence-electron chi connectivity index (χ4n) is 3.80. The molecule has 2 fully saturated rings. The molecule has 2 aliphatic heterocycles. The Kier molecular flexibility index (Phi) is 3.58. The van der Waals surface area contributed by atoms with E-state index in [1.807, 2.05) is 35.4 Å². The van der Waals surface area contributed by atoms with E-state index in [0.29, 0.717) is 6.42 Å².